The molecule has 0 spiro atoms. The maximum absolute atomic E-state index is 4.46. The Bertz CT molecular complexity index is 827. The molecule has 0 amide bonds. The highest BCUT2D eigenvalue weighted by Gasteiger charge is 2.03. The Balaban J connectivity index is 1.39. The molecule has 4 rings (SSSR count). The van der Waals surface area contributed by atoms with Gasteiger partial charge in [0.2, 0.25) is 0 Å². The van der Waals surface area contributed by atoms with Crippen molar-refractivity contribution in [1.82, 2.24) is 19.1 Å². The summed E-state index contributed by atoms with van der Waals surface area (Å²) < 4.78 is 4.47. The van der Waals surface area contributed by atoms with Gasteiger partial charge in [0.25, 0.3) is 0 Å². The molecule has 4 aromatic rings. The fraction of sp³-hybridized carbons (Fsp3) is 0.222. The van der Waals surface area contributed by atoms with E-state index in [4.69, 9.17) is 0 Å². The predicted octanol–water partition coefficient (Wildman–Crippen LogP) is 3.87. The Labute approximate surface area is 129 Å². The molecule has 0 atom stereocenters. The maximum atomic E-state index is 4.46. The van der Waals surface area contributed by atoms with Crippen molar-refractivity contribution in [2.24, 2.45) is 0 Å². The molecular formula is C18H18N4. The smallest absolute Gasteiger partial charge is 0.139 e. The molecule has 4 heteroatoms. The monoisotopic (exact) mass is 290 g/mol. The first kappa shape index (κ1) is 13.1. The Morgan fingerprint density at radius 2 is 1.18 bits per heavy atom. The topological polar surface area (TPSA) is 35.6 Å². The number of aryl methyl sites for hydroxylation is 2. The molecule has 0 saturated carbocycles. The predicted molar refractivity (Wildman–Crippen MR) is 88.7 cm³/mol. The quantitative estimate of drug-likeness (QED) is 0.523. The minimum absolute atomic E-state index is 1.01. The van der Waals surface area contributed by atoms with Gasteiger partial charge in [-0.3, -0.25) is 0 Å². The zero-order valence-electron chi connectivity index (χ0n) is 12.4. The minimum Gasteiger partial charge on any atom is -0.333 e. The van der Waals surface area contributed by atoms with Crippen LogP contribution < -0.4 is 0 Å². The highest BCUT2D eigenvalue weighted by Crippen LogP contribution is 2.15. The summed E-state index contributed by atoms with van der Waals surface area (Å²) in [6.07, 6.45) is 10.2. The van der Waals surface area contributed by atoms with Gasteiger partial charge in [-0.25, -0.2) is 9.97 Å². The summed E-state index contributed by atoms with van der Waals surface area (Å²) in [5.74, 6) is 0. The lowest BCUT2D eigenvalue weighted by Gasteiger charge is -2.06. The molecule has 0 bridgehead atoms. The second kappa shape index (κ2) is 5.64. The first-order chi connectivity index (χ1) is 10.9. The molecule has 4 aromatic heterocycles. The lowest BCUT2D eigenvalue weighted by Crippen LogP contribution is -2.01. The van der Waals surface area contributed by atoms with Gasteiger partial charge in [0.1, 0.15) is 11.3 Å². The van der Waals surface area contributed by atoms with Gasteiger partial charge in [0.05, 0.1) is 0 Å². The van der Waals surface area contributed by atoms with Gasteiger partial charge in [0.15, 0.2) is 0 Å². The molecule has 0 aliphatic heterocycles. The van der Waals surface area contributed by atoms with Gasteiger partial charge >= 0.3 is 0 Å². The summed E-state index contributed by atoms with van der Waals surface area (Å²) >= 11 is 0. The number of fused-ring (bicyclic) bond motifs is 2. The van der Waals surface area contributed by atoms with E-state index in [1.54, 1.807) is 0 Å². The lowest BCUT2D eigenvalue weighted by molar-refractivity contribution is 0.566. The van der Waals surface area contributed by atoms with Crippen molar-refractivity contribution in [3.05, 3.63) is 61.2 Å². The van der Waals surface area contributed by atoms with Crippen molar-refractivity contribution >= 4 is 22.1 Å². The standard InChI is InChI=1S/C18H18N4/c1(11-21-13-7-15-5-3-9-19-17(15)21)2-12-22-14-8-16-6-4-10-20-18(16)22/h3-10,13-14H,1-2,11-12H2. The highest BCUT2D eigenvalue weighted by molar-refractivity contribution is 5.76. The zero-order valence-corrected chi connectivity index (χ0v) is 12.4. The summed E-state index contributed by atoms with van der Waals surface area (Å²) in [6.45, 7) is 2.01. The van der Waals surface area contributed by atoms with E-state index < -0.39 is 0 Å². The van der Waals surface area contributed by atoms with E-state index in [0.29, 0.717) is 0 Å². The van der Waals surface area contributed by atoms with E-state index in [1.165, 1.54) is 10.8 Å². The van der Waals surface area contributed by atoms with Crippen molar-refractivity contribution in [2.75, 3.05) is 0 Å². The largest absolute Gasteiger partial charge is 0.333 e. The van der Waals surface area contributed by atoms with E-state index in [1.807, 2.05) is 24.5 Å². The Kier molecular flexibility index (Phi) is 3.35. The van der Waals surface area contributed by atoms with Crippen LogP contribution in [0.2, 0.25) is 0 Å². The van der Waals surface area contributed by atoms with E-state index in [0.717, 1.165) is 37.2 Å². The molecule has 0 aliphatic carbocycles. The first-order valence-electron chi connectivity index (χ1n) is 7.71. The SMILES string of the molecule is c1cnc2c(c1)ccn2CCCCn1ccc2cccnc21. The normalized spacial score (nSPS) is 11.5. The van der Waals surface area contributed by atoms with Crippen molar-refractivity contribution in [1.29, 1.82) is 0 Å². The number of hydrogen-bond donors (Lipinski definition) is 0. The molecule has 4 heterocycles. The first-order valence-corrected chi connectivity index (χ1v) is 7.71. The number of hydrogen-bond acceptors (Lipinski definition) is 2. The van der Waals surface area contributed by atoms with Crippen molar-refractivity contribution in [3.8, 4) is 0 Å². The summed E-state index contributed by atoms with van der Waals surface area (Å²) in [5.41, 5.74) is 2.16. The minimum atomic E-state index is 1.01. The molecule has 4 nitrogen and oxygen atoms in total. The second-order valence-electron chi connectivity index (χ2n) is 5.56. The van der Waals surface area contributed by atoms with Crippen LogP contribution in [0.4, 0.5) is 0 Å². The van der Waals surface area contributed by atoms with Crippen LogP contribution in [-0.4, -0.2) is 19.1 Å². The van der Waals surface area contributed by atoms with Crippen molar-refractivity contribution in [3.63, 3.8) is 0 Å². The Hall–Kier alpha value is -2.62. The van der Waals surface area contributed by atoms with Gasteiger partial charge in [-0.2, -0.15) is 0 Å². The lowest BCUT2D eigenvalue weighted by atomic mass is 10.3. The fourth-order valence-corrected chi connectivity index (χ4v) is 2.97. The highest BCUT2D eigenvalue weighted by atomic mass is 15.0. The van der Waals surface area contributed by atoms with Gasteiger partial charge in [-0.15, -0.1) is 0 Å². The maximum Gasteiger partial charge on any atom is 0.139 e. The summed E-state index contributed by atoms with van der Waals surface area (Å²) in [5, 5.41) is 2.42. The van der Waals surface area contributed by atoms with Gasteiger partial charge < -0.3 is 9.13 Å². The molecule has 0 radical (unpaired) electrons. The van der Waals surface area contributed by atoms with Crippen LogP contribution in [-0.2, 0) is 13.1 Å². The summed E-state index contributed by atoms with van der Waals surface area (Å²) in [7, 11) is 0. The van der Waals surface area contributed by atoms with Crippen LogP contribution in [0.3, 0.4) is 0 Å². The molecule has 0 unspecified atom stereocenters. The van der Waals surface area contributed by atoms with Crippen LogP contribution in [0, 0.1) is 0 Å². The molecule has 0 aliphatic rings. The third-order valence-electron chi connectivity index (χ3n) is 4.09. The van der Waals surface area contributed by atoms with Gasteiger partial charge in [-0.1, -0.05) is 0 Å². The average Bonchev–Trinajstić information content (AvgIpc) is 3.16. The van der Waals surface area contributed by atoms with E-state index in [2.05, 4.69) is 55.8 Å². The number of aromatic nitrogens is 4. The molecule has 0 N–H and O–H groups in total. The number of pyridine rings is 2. The molecular weight excluding hydrogens is 272 g/mol. The third-order valence-corrected chi connectivity index (χ3v) is 4.09. The zero-order chi connectivity index (χ0) is 14.8. The fourth-order valence-electron chi connectivity index (χ4n) is 2.97. The van der Waals surface area contributed by atoms with Crippen molar-refractivity contribution in [2.45, 2.75) is 25.9 Å². The molecule has 22 heavy (non-hydrogen) atoms. The molecule has 110 valence electrons. The number of rotatable bonds is 5. The van der Waals surface area contributed by atoms with E-state index in [9.17, 15) is 0 Å². The van der Waals surface area contributed by atoms with Gasteiger partial charge in [-0.05, 0) is 49.2 Å². The van der Waals surface area contributed by atoms with E-state index >= 15 is 0 Å². The Morgan fingerprint density at radius 1 is 0.682 bits per heavy atom. The number of nitrogens with zero attached hydrogens (tertiary/aromatic N) is 4. The van der Waals surface area contributed by atoms with Crippen LogP contribution in [0.15, 0.2) is 61.2 Å². The second-order valence-corrected chi connectivity index (χ2v) is 5.56. The van der Waals surface area contributed by atoms with Crippen LogP contribution in [0.5, 0.6) is 0 Å². The van der Waals surface area contributed by atoms with Crippen LogP contribution in [0.25, 0.3) is 22.1 Å². The number of unbranched alkanes of at least 4 members (excludes halogenated alkanes) is 1. The molecule has 0 saturated heterocycles. The van der Waals surface area contributed by atoms with Crippen molar-refractivity contribution < 1.29 is 0 Å². The van der Waals surface area contributed by atoms with Gasteiger partial charge in [0, 0.05) is 48.6 Å². The molecule has 0 aromatic carbocycles. The summed E-state index contributed by atoms with van der Waals surface area (Å²) in [6, 6.07) is 12.4. The third kappa shape index (κ3) is 2.37. The van der Waals surface area contributed by atoms with Crippen LogP contribution in [0.1, 0.15) is 12.8 Å². The Morgan fingerprint density at radius 3 is 1.68 bits per heavy atom. The molecule has 0 fully saturated rings. The summed E-state index contributed by atoms with van der Waals surface area (Å²) in [4.78, 5) is 8.92. The van der Waals surface area contributed by atoms with Crippen LogP contribution >= 0.6 is 0 Å². The van der Waals surface area contributed by atoms with E-state index in [-0.39, 0.29) is 0 Å². The average molecular weight is 290 g/mol.